The third-order valence-electron chi connectivity index (χ3n) is 4.29. The number of hydrogen-bond donors (Lipinski definition) is 0. The van der Waals surface area contributed by atoms with Gasteiger partial charge >= 0.3 is 132 Å². The molecule has 0 spiro atoms. The van der Waals surface area contributed by atoms with Gasteiger partial charge in [0.2, 0.25) is 0 Å². The van der Waals surface area contributed by atoms with Crippen LogP contribution >= 0.6 is 0 Å². The fraction of sp³-hybridized carbons (Fsp3) is 0.158. The summed E-state index contributed by atoms with van der Waals surface area (Å²) < 4.78 is 1.53. The molecule has 0 bridgehead atoms. The molecule has 0 aromatic heterocycles. The van der Waals surface area contributed by atoms with E-state index in [2.05, 4.69) is 73.7 Å². The maximum absolute atomic E-state index is 2.46. The molecule has 0 aliphatic heterocycles. The normalized spacial score (nSPS) is 20.1. The second-order valence-corrected chi connectivity index (χ2v) is 11.1. The van der Waals surface area contributed by atoms with E-state index in [1.54, 1.807) is 16.7 Å². The molecule has 0 fully saturated rings. The smallest absolute Gasteiger partial charge is 1.00 e. The van der Waals surface area contributed by atoms with Gasteiger partial charge in [0.1, 0.15) is 0 Å². The first kappa shape index (κ1) is 17.7. The Bertz CT molecular complexity index is 734. The third kappa shape index (κ3) is 3.04. The summed E-state index contributed by atoms with van der Waals surface area (Å²) in [5.74, 6) is 0. The van der Waals surface area contributed by atoms with Crippen LogP contribution in [-0.4, -0.2) is 0 Å². The monoisotopic (exact) mass is 494 g/mol. The van der Waals surface area contributed by atoms with E-state index < -0.39 is 22.9 Å². The Labute approximate surface area is 155 Å². The van der Waals surface area contributed by atoms with Crippen molar-refractivity contribution in [3.8, 4) is 0 Å². The van der Waals surface area contributed by atoms with Gasteiger partial charge < -0.3 is 24.8 Å². The molecule has 0 radical (unpaired) electrons. The van der Waals surface area contributed by atoms with E-state index >= 15 is 0 Å². The summed E-state index contributed by atoms with van der Waals surface area (Å²) in [6.07, 6.45) is 7.19. The zero-order valence-electron chi connectivity index (χ0n) is 12.3. The van der Waals surface area contributed by atoms with Crippen LogP contribution in [0, 0.1) is 0 Å². The summed E-state index contributed by atoms with van der Waals surface area (Å²) >= 11 is -0.833. The van der Waals surface area contributed by atoms with Crippen LogP contribution < -0.4 is 24.8 Å². The van der Waals surface area contributed by atoms with Crippen molar-refractivity contribution in [3.63, 3.8) is 0 Å². The summed E-state index contributed by atoms with van der Waals surface area (Å²) in [6.45, 7) is 2.32. The average molecular weight is 494 g/mol. The van der Waals surface area contributed by atoms with E-state index in [4.69, 9.17) is 0 Å². The minimum atomic E-state index is -0.833. The van der Waals surface area contributed by atoms with Gasteiger partial charge in [-0.25, -0.2) is 0 Å². The van der Waals surface area contributed by atoms with E-state index in [-0.39, 0.29) is 24.8 Å². The summed E-state index contributed by atoms with van der Waals surface area (Å²) in [5, 5.41) is 0. The molecule has 2 unspecified atom stereocenters. The number of rotatable bonds is 2. The maximum Gasteiger partial charge on any atom is -1.00 e. The van der Waals surface area contributed by atoms with Crippen molar-refractivity contribution < 1.29 is 47.7 Å². The molecule has 0 saturated carbocycles. The van der Waals surface area contributed by atoms with Gasteiger partial charge in [-0.05, 0) is 0 Å². The van der Waals surface area contributed by atoms with Crippen molar-refractivity contribution in [3.05, 3.63) is 82.4 Å². The number of halogens is 2. The molecule has 4 rings (SSSR count). The van der Waals surface area contributed by atoms with Gasteiger partial charge in [-0.2, -0.15) is 0 Å². The van der Waals surface area contributed by atoms with Crippen molar-refractivity contribution in [2.24, 2.45) is 0 Å². The van der Waals surface area contributed by atoms with Crippen molar-refractivity contribution in [1.29, 1.82) is 0 Å². The molecule has 0 nitrogen and oxygen atoms in total. The predicted molar refractivity (Wildman–Crippen MR) is 81.1 cm³/mol. The minimum absolute atomic E-state index is 0. The molecule has 3 heteroatoms. The van der Waals surface area contributed by atoms with E-state index in [0.29, 0.717) is 0 Å². The van der Waals surface area contributed by atoms with Gasteiger partial charge in [-0.15, -0.1) is 0 Å². The van der Waals surface area contributed by atoms with Crippen molar-refractivity contribution >= 4 is 12.2 Å². The molecule has 2 aromatic carbocycles. The van der Waals surface area contributed by atoms with E-state index in [1.807, 2.05) is 0 Å². The first-order valence-electron chi connectivity index (χ1n) is 7.13. The van der Waals surface area contributed by atoms with Crippen molar-refractivity contribution in [2.75, 3.05) is 0 Å². The Hall–Kier alpha value is -0.630. The Balaban J connectivity index is 0.000000882. The zero-order valence-corrected chi connectivity index (χ0v) is 17.4. The van der Waals surface area contributed by atoms with E-state index in [0.717, 1.165) is 7.35 Å². The van der Waals surface area contributed by atoms with Crippen LogP contribution in [0.25, 0.3) is 12.2 Å². The van der Waals surface area contributed by atoms with Gasteiger partial charge in [-0.1, -0.05) is 0 Å². The SMILES string of the molecule is CC1=Cc2ccccc2[CH]1[Hf+2][CH]1C=Cc2ccccc21.[Cl-].[Cl-]. The second-order valence-electron chi connectivity index (χ2n) is 5.58. The zero-order chi connectivity index (χ0) is 13.5. The molecular weight excluding hydrogens is 478 g/mol. The number of hydrogen-bond acceptors (Lipinski definition) is 0. The third-order valence-corrected chi connectivity index (χ3v) is 11.3. The molecule has 2 atom stereocenters. The van der Waals surface area contributed by atoms with Gasteiger partial charge in [0.05, 0.1) is 0 Å². The largest absolute Gasteiger partial charge is 1.00 e. The first-order valence-corrected chi connectivity index (χ1v) is 11.3. The first-order chi connectivity index (χ1) is 9.83. The van der Waals surface area contributed by atoms with Crippen molar-refractivity contribution in [2.45, 2.75) is 14.3 Å². The Kier molecular flexibility index (Phi) is 5.87. The van der Waals surface area contributed by atoms with Crippen LogP contribution in [0.2, 0.25) is 0 Å². The standard InChI is InChI=1S/C10H9.C9H7.2ClH.Hf/c1-8-6-9-4-2-3-5-10(9)7-8;1-2-5-9-7-3-6-8(9)4-1;;;/h2-7H,1H3;1-7H;2*1H;/q;;;;+2/p-2. The van der Waals surface area contributed by atoms with E-state index in [1.165, 1.54) is 11.1 Å². The summed E-state index contributed by atoms with van der Waals surface area (Å²) in [4.78, 5) is 0. The summed E-state index contributed by atoms with van der Waals surface area (Å²) in [7, 11) is 0. The van der Waals surface area contributed by atoms with Crippen LogP contribution in [-0.2, 0) is 22.9 Å². The molecule has 0 saturated heterocycles. The molecule has 22 heavy (non-hydrogen) atoms. The number of fused-ring (bicyclic) bond motifs is 2. The fourth-order valence-corrected chi connectivity index (χ4v) is 9.73. The fourth-order valence-electron chi connectivity index (χ4n) is 3.27. The molecule has 110 valence electrons. The van der Waals surface area contributed by atoms with Crippen LogP contribution in [0.1, 0.15) is 36.5 Å². The maximum atomic E-state index is 2.46. The molecule has 0 heterocycles. The molecule has 0 N–H and O–H groups in total. The van der Waals surface area contributed by atoms with Crippen LogP contribution in [0.5, 0.6) is 0 Å². The predicted octanol–water partition coefficient (Wildman–Crippen LogP) is -0.997. The molecule has 2 aromatic rings. The van der Waals surface area contributed by atoms with Gasteiger partial charge in [0.15, 0.2) is 0 Å². The van der Waals surface area contributed by atoms with Crippen LogP contribution in [0.3, 0.4) is 0 Å². The number of allylic oxidation sites excluding steroid dienone is 2. The summed E-state index contributed by atoms with van der Waals surface area (Å²) in [5.41, 5.74) is 7.65. The topological polar surface area (TPSA) is 0 Å². The van der Waals surface area contributed by atoms with E-state index in [9.17, 15) is 0 Å². The molecule has 0 amide bonds. The average Bonchev–Trinajstić information content (AvgIpc) is 3.02. The Morgan fingerprint density at radius 2 is 1.45 bits per heavy atom. The Morgan fingerprint density at radius 1 is 0.818 bits per heavy atom. The molecule has 2 aliphatic rings. The quantitative estimate of drug-likeness (QED) is 0.471. The molecule has 2 aliphatic carbocycles. The van der Waals surface area contributed by atoms with Crippen LogP contribution in [0.4, 0.5) is 0 Å². The Morgan fingerprint density at radius 3 is 2.23 bits per heavy atom. The van der Waals surface area contributed by atoms with Gasteiger partial charge in [-0.3, -0.25) is 0 Å². The summed E-state index contributed by atoms with van der Waals surface area (Å²) in [6, 6.07) is 17.9. The minimum Gasteiger partial charge on any atom is -1.00 e. The van der Waals surface area contributed by atoms with Gasteiger partial charge in [0.25, 0.3) is 0 Å². The second kappa shape index (κ2) is 7.29. The van der Waals surface area contributed by atoms with Crippen molar-refractivity contribution in [1.82, 2.24) is 0 Å². The van der Waals surface area contributed by atoms with Gasteiger partial charge in [0, 0.05) is 0 Å². The molecular formula is C19H16Cl2Hf. The number of benzene rings is 2. The van der Waals surface area contributed by atoms with Crippen LogP contribution in [0.15, 0.2) is 60.2 Å².